The fourth-order valence-electron chi connectivity index (χ4n) is 2.11. The largest absolute Gasteiger partial charge is 0.334 e. The van der Waals surface area contributed by atoms with Crippen molar-refractivity contribution in [3.05, 3.63) is 17.2 Å². The van der Waals surface area contributed by atoms with Gasteiger partial charge >= 0.3 is 0 Å². The van der Waals surface area contributed by atoms with Gasteiger partial charge in [0.15, 0.2) is 0 Å². The van der Waals surface area contributed by atoms with E-state index in [-0.39, 0.29) is 0 Å². The first kappa shape index (κ1) is 15.2. The molecule has 104 valence electrons. The van der Waals surface area contributed by atoms with Gasteiger partial charge in [-0.2, -0.15) is 0 Å². The molecule has 0 fully saturated rings. The Kier molecular flexibility index (Phi) is 6.36. The highest BCUT2D eigenvalue weighted by Crippen LogP contribution is 2.07. The summed E-state index contributed by atoms with van der Waals surface area (Å²) < 4.78 is 2.17. The van der Waals surface area contributed by atoms with Crippen molar-refractivity contribution in [3.63, 3.8) is 0 Å². The summed E-state index contributed by atoms with van der Waals surface area (Å²) in [7, 11) is 2.09. The van der Waals surface area contributed by atoms with Crippen molar-refractivity contribution < 1.29 is 0 Å². The molecule has 0 aromatic carbocycles. The Balaban J connectivity index is 2.24. The van der Waals surface area contributed by atoms with E-state index in [0.717, 1.165) is 37.7 Å². The van der Waals surface area contributed by atoms with Crippen molar-refractivity contribution >= 4 is 0 Å². The zero-order valence-corrected chi connectivity index (χ0v) is 12.6. The number of nitrogens with zero attached hydrogens (tertiary/aromatic N) is 3. The van der Waals surface area contributed by atoms with Crippen LogP contribution in [0.2, 0.25) is 0 Å². The predicted octanol–water partition coefficient (Wildman–Crippen LogP) is 1.86. The van der Waals surface area contributed by atoms with Gasteiger partial charge in [0.2, 0.25) is 0 Å². The summed E-state index contributed by atoms with van der Waals surface area (Å²) in [6, 6.07) is 0. The molecule has 0 saturated carbocycles. The Morgan fingerprint density at radius 3 is 2.39 bits per heavy atom. The van der Waals surface area contributed by atoms with Crippen molar-refractivity contribution in [3.8, 4) is 0 Å². The molecule has 0 saturated heterocycles. The Morgan fingerprint density at radius 2 is 1.89 bits per heavy atom. The molecule has 18 heavy (non-hydrogen) atoms. The molecule has 0 atom stereocenters. The first-order chi connectivity index (χ1) is 8.60. The maximum Gasteiger partial charge on any atom is 0.122 e. The highest BCUT2D eigenvalue weighted by atomic mass is 15.1. The third-order valence-corrected chi connectivity index (χ3v) is 3.72. The quantitative estimate of drug-likeness (QED) is 0.717. The Bertz CT molecular complexity index is 353. The number of nitrogens with one attached hydrogen (secondary N) is 1. The van der Waals surface area contributed by atoms with Gasteiger partial charge in [0.25, 0.3) is 0 Å². The van der Waals surface area contributed by atoms with E-state index in [1.807, 2.05) is 0 Å². The molecule has 1 N–H and O–H groups in total. The molecule has 0 radical (unpaired) electrons. The molecule has 1 aromatic heterocycles. The second-order valence-corrected chi connectivity index (χ2v) is 4.82. The molecule has 0 aliphatic rings. The molecule has 1 heterocycles. The monoisotopic (exact) mass is 252 g/mol. The van der Waals surface area contributed by atoms with Crippen molar-refractivity contribution in [1.29, 1.82) is 0 Å². The number of imidazole rings is 1. The van der Waals surface area contributed by atoms with Crippen molar-refractivity contribution in [2.24, 2.45) is 7.05 Å². The minimum absolute atomic E-state index is 0.865. The molecule has 0 amide bonds. The van der Waals surface area contributed by atoms with Crippen LogP contribution in [0.5, 0.6) is 0 Å². The molecule has 0 bridgehead atoms. The third kappa shape index (κ3) is 4.10. The number of aryl methyl sites for hydroxylation is 1. The topological polar surface area (TPSA) is 33.1 Å². The number of rotatable bonds is 8. The summed E-state index contributed by atoms with van der Waals surface area (Å²) in [5, 5.41) is 3.48. The zero-order valence-electron chi connectivity index (χ0n) is 12.6. The van der Waals surface area contributed by atoms with E-state index in [1.165, 1.54) is 18.7 Å². The fourth-order valence-corrected chi connectivity index (χ4v) is 2.11. The lowest BCUT2D eigenvalue weighted by molar-refractivity contribution is 0.297. The predicted molar refractivity (Wildman–Crippen MR) is 76.8 cm³/mol. The van der Waals surface area contributed by atoms with Crippen LogP contribution in [-0.4, -0.2) is 40.6 Å². The van der Waals surface area contributed by atoms with Gasteiger partial charge in [-0.1, -0.05) is 13.8 Å². The number of hydrogen-bond donors (Lipinski definition) is 1. The first-order valence-corrected chi connectivity index (χ1v) is 7.02. The molecule has 0 aliphatic heterocycles. The molecule has 0 unspecified atom stereocenters. The SMILES string of the molecule is CCN(CC)CCCNCc1nc(C)c(C)n1C. The smallest absolute Gasteiger partial charge is 0.122 e. The van der Waals surface area contributed by atoms with Gasteiger partial charge in [-0.05, 0) is 46.4 Å². The highest BCUT2D eigenvalue weighted by Gasteiger charge is 2.06. The van der Waals surface area contributed by atoms with E-state index in [4.69, 9.17) is 0 Å². The summed E-state index contributed by atoms with van der Waals surface area (Å²) in [5.41, 5.74) is 2.40. The van der Waals surface area contributed by atoms with Crippen LogP contribution in [0.1, 0.15) is 37.5 Å². The van der Waals surface area contributed by atoms with Gasteiger partial charge < -0.3 is 14.8 Å². The summed E-state index contributed by atoms with van der Waals surface area (Å²) in [4.78, 5) is 7.02. The summed E-state index contributed by atoms with van der Waals surface area (Å²) in [6.45, 7) is 14.0. The van der Waals surface area contributed by atoms with Crippen LogP contribution in [0.3, 0.4) is 0 Å². The van der Waals surface area contributed by atoms with E-state index in [2.05, 4.69) is 54.5 Å². The summed E-state index contributed by atoms with van der Waals surface area (Å²) >= 11 is 0. The zero-order chi connectivity index (χ0) is 13.5. The van der Waals surface area contributed by atoms with Crippen molar-refractivity contribution in [2.75, 3.05) is 26.2 Å². The van der Waals surface area contributed by atoms with E-state index in [0.29, 0.717) is 0 Å². The van der Waals surface area contributed by atoms with Gasteiger partial charge in [0, 0.05) is 12.7 Å². The molecule has 0 spiro atoms. The highest BCUT2D eigenvalue weighted by molar-refractivity contribution is 5.13. The van der Waals surface area contributed by atoms with Crippen LogP contribution in [0.25, 0.3) is 0 Å². The lowest BCUT2D eigenvalue weighted by atomic mass is 10.3. The maximum atomic E-state index is 4.56. The second kappa shape index (κ2) is 7.54. The van der Waals surface area contributed by atoms with Crippen LogP contribution in [0.15, 0.2) is 0 Å². The lowest BCUT2D eigenvalue weighted by Gasteiger charge is -2.17. The molecule has 4 heteroatoms. The minimum Gasteiger partial charge on any atom is -0.334 e. The van der Waals surface area contributed by atoms with Crippen LogP contribution in [-0.2, 0) is 13.6 Å². The average Bonchev–Trinajstić information content (AvgIpc) is 2.61. The minimum atomic E-state index is 0.865. The van der Waals surface area contributed by atoms with Gasteiger partial charge in [-0.15, -0.1) is 0 Å². The molecule has 1 aromatic rings. The lowest BCUT2D eigenvalue weighted by Crippen LogP contribution is -2.27. The standard InChI is InChI=1S/C14H28N4/c1-6-18(7-2)10-8-9-15-11-14-16-12(3)13(4)17(14)5/h15H,6-11H2,1-5H3. The third-order valence-electron chi connectivity index (χ3n) is 3.72. The van der Waals surface area contributed by atoms with Crippen LogP contribution in [0.4, 0.5) is 0 Å². The van der Waals surface area contributed by atoms with E-state index < -0.39 is 0 Å². The summed E-state index contributed by atoms with van der Waals surface area (Å²) in [5.74, 6) is 1.13. The van der Waals surface area contributed by atoms with Gasteiger partial charge in [0.05, 0.1) is 12.2 Å². The van der Waals surface area contributed by atoms with Gasteiger partial charge in [-0.25, -0.2) is 4.98 Å². The first-order valence-electron chi connectivity index (χ1n) is 7.02. The van der Waals surface area contributed by atoms with Crippen LogP contribution in [0, 0.1) is 13.8 Å². The fraction of sp³-hybridized carbons (Fsp3) is 0.786. The Hall–Kier alpha value is -0.870. The molecule has 4 nitrogen and oxygen atoms in total. The van der Waals surface area contributed by atoms with E-state index in [9.17, 15) is 0 Å². The van der Waals surface area contributed by atoms with E-state index in [1.54, 1.807) is 0 Å². The molecule has 0 aliphatic carbocycles. The maximum absolute atomic E-state index is 4.56. The van der Waals surface area contributed by atoms with E-state index >= 15 is 0 Å². The van der Waals surface area contributed by atoms with Gasteiger partial charge in [0.1, 0.15) is 5.82 Å². The number of aromatic nitrogens is 2. The van der Waals surface area contributed by atoms with Gasteiger partial charge in [-0.3, -0.25) is 0 Å². The Morgan fingerprint density at radius 1 is 1.22 bits per heavy atom. The normalized spacial score (nSPS) is 11.4. The molecule has 1 rings (SSSR count). The van der Waals surface area contributed by atoms with Crippen molar-refractivity contribution in [2.45, 2.75) is 40.7 Å². The molecular formula is C14H28N4. The van der Waals surface area contributed by atoms with Crippen LogP contribution >= 0.6 is 0 Å². The summed E-state index contributed by atoms with van der Waals surface area (Å²) in [6.07, 6.45) is 1.20. The number of hydrogen-bond acceptors (Lipinski definition) is 3. The van der Waals surface area contributed by atoms with Crippen LogP contribution < -0.4 is 5.32 Å². The second-order valence-electron chi connectivity index (χ2n) is 4.82. The Labute approximate surface area is 111 Å². The average molecular weight is 252 g/mol. The molecular weight excluding hydrogens is 224 g/mol. The van der Waals surface area contributed by atoms with Crippen molar-refractivity contribution in [1.82, 2.24) is 19.8 Å².